The Kier molecular flexibility index (Phi) is 2.74. The smallest absolute Gasteiger partial charge is 0.278 e. The van der Waals surface area contributed by atoms with Gasteiger partial charge >= 0.3 is 0 Å². The number of hydrogen-bond donors (Lipinski definition) is 3. The van der Waals surface area contributed by atoms with Crippen LogP contribution in [0.2, 0.25) is 0 Å². The first kappa shape index (κ1) is 12.3. The van der Waals surface area contributed by atoms with Gasteiger partial charge in [0, 0.05) is 6.42 Å². The van der Waals surface area contributed by atoms with Crippen LogP contribution in [-0.2, 0) is 6.42 Å². The number of imidazole rings is 1. The Balaban J connectivity index is 2.03. The van der Waals surface area contributed by atoms with E-state index in [0.717, 1.165) is 11.1 Å². The summed E-state index contributed by atoms with van der Waals surface area (Å²) in [6.45, 7) is 1.82. The summed E-state index contributed by atoms with van der Waals surface area (Å²) < 4.78 is 13.1. The van der Waals surface area contributed by atoms with Crippen molar-refractivity contribution in [3.8, 4) is 0 Å². The summed E-state index contributed by atoms with van der Waals surface area (Å²) in [5.74, 6) is 0.332. The molecule has 1 aromatic carbocycles. The van der Waals surface area contributed by atoms with Crippen molar-refractivity contribution in [3.05, 3.63) is 51.3 Å². The van der Waals surface area contributed by atoms with E-state index in [4.69, 9.17) is 5.73 Å². The first-order valence-corrected chi connectivity index (χ1v) is 6.02. The number of nitrogens with zero attached hydrogens (tertiary/aromatic N) is 2. The van der Waals surface area contributed by atoms with Gasteiger partial charge in [-0.1, -0.05) is 6.07 Å². The van der Waals surface area contributed by atoms with E-state index >= 15 is 0 Å². The zero-order chi connectivity index (χ0) is 14.3. The molecule has 0 radical (unpaired) electrons. The van der Waals surface area contributed by atoms with Gasteiger partial charge in [0.15, 0.2) is 11.2 Å². The minimum atomic E-state index is -0.359. The van der Waals surface area contributed by atoms with Gasteiger partial charge in [-0.15, -0.1) is 0 Å². The van der Waals surface area contributed by atoms with E-state index in [0.29, 0.717) is 12.2 Å². The summed E-state index contributed by atoms with van der Waals surface area (Å²) in [6, 6.07) is 4.55. The van der Waals surface area contributed by atoms with Crippen molar-refractivity contribution in [1.29, 1.82) is 0 Å². The maximum Gasteiger partial charge on any atom is 0.278 e. The molecule has 0 saturated heterocycles. The molecule has 4 N–H and O–H groups in total. The Hall–Kier alpha value is -2.70. The van der Waals surface area contributed by atoms with Crippen molar-refractivity contribution in [3.63, 3.8) is 0 Å². The lowest BCUT2D eigenvalue weighted by atomic mass is 10.1. The highest BCUT2D eigenvalue weighted by Gasteiger charge is 2.10. The van der Waals surface area contributed by atoms with Crippen LogP contribution >= 0.6 is 0 Å². The molecule has 0 saturated carbocycles. The molecule has 0 aliphatic heterocycles. The lowest BCUT2D eigenvalue weighted by Gasteiger charge is -2.03. The molecule has 2 heterocycles. The molecule has 3 aromatic rings. The van der Waals surface area contributed by atoms with Crippen molar-refractivity contribution in [2.75, 3.05) is 5.73 Å². The van der Waals surface area contributed by atoms with Crippen molar-refractivity contribution < 1.29 is 4.39 Å². The van der Waals surface area contributed by atoms with Crippen LogP contribution in [0.5, 0.6) is 0 Å². The normalized spacial score (nSPS) is 11.1. The zero-order valence-corrected chi connectivity index (χ0v) is 10.7. The summed E-state index contributed by atoms with van der Waals surface area (Å²) in [4.78, 5) is 25.2. The highest BCUT2D eigenvalue weighted by atomic mass is 19.1. The average Bonchev–Trinajstić information content (AvgIpc) is 2.75. The lowest BCUT2D eigenvalue weighted by Crippen LogP contribution is -2.10. The summed E-state index contributed by atoms with van der Waals surface area (Å²) in [6.07, 6.45) is 0.460. The van der Waals surface area contributed by atoms with Crippen LogP contribution in [-0.4, -0.2) is 19.9 Å². The largest absolute Gasteiger partial charge is 0.369 e. The summed E-state index contributed by atoms with van der Waals surface area (Å²) in [5.41, 5.74) is 7.42. The van der Waals surface area contributed by atoms with Gasteiger partial charge < -0.3 is 10.7 Å². The third-order valence-corrected chi connectivity index (χ3v) is 3.09. The van der Waals surface area contributed by atoms with Gasteiger partial charge in [0.25, 0.3) is 5.56 Å². The summed E-state index contributed by atoms with van der Waals surface area (Å²) in [7, 11) is 0. The van der Waals surface area contributed by atoms with Gasteiger partial charge in [0.1, 0.15) is 11.6 Å². The second-order valence-electron chi connectivity index (χ2n) is 4.58. The Morgan fingerprint density at radius 3 is 2.85 bits per heavy atom. The molecule has 3 rings (SSSR count). The number of H-pyrrole nitrogens is 2. The third kappa shape index (κ3) is 2.13. The van der Waals surface area contributed by atoms with E-state index in [1.165, 1.54) is 12.1 Å². The van der Waals surface area contributed by atoms with Crippen LogP contribution in [0, 0.1) is 12.7 Å². The second-order valence-corrected chi connectivity index (χ2v) is 4.58. The van der Waals surface area contributed by atoms with Crippen molar-refractivity contribution in [2.24, 2.45) is 0 Å². The molecule has 7 heteroatoms. The van der Waals surface area contributed by atoms with Gasteiger partial charge in [-0.2, -0.15) is 4.98 Å². The van der Waals surface area contributed by atoms with E-state index < -0.39 is 0 Å². The maximum atomic E-state index is 13.1. The predicted octanol–water partition coefficient (Wildman–Crippen LogP) is 1.27. The number of benzene rings is 1. The van der Waals surface area contributed by atoms with Crippen LogP contribution in [0.25, 0.3) is 11.2 Å². The van der Waals surface area contributed by atoms with E-state index in [9.17, 15) is 9.18 Å². The second kappa shape index (κ2) is 4.44. The molecular formula is C13H12FN5O. The fraction of sp³-hybridized carbons (Fsp3) is 0.154. The molecule has 0 aliphatic carbocycles. The molecule has 0 fully saturated rings. The number of hydrogen-bond acceptors (Lipinski definition) is 4. The fourth-order valence-corrected chi connectivity index (χ4v) is 2.09. The molecule has 6 nitrogen and oxygen atoms in total. The number of nitrogen functional groups attached to an aromatic ring is 1. The Labute approximate surface area is 112 Å². The summed E-state index contributed by atoms with van der Waals surface area (Å²) in [5, 5.41) is 0. The Morgan fingerprint density at radius 1 is 1.30 bits per heavy atom. The topological polar surface area (TPSA) is 100 Å². The molecule has 0 spiro atoms. The molecule has 2 aromatic heterocycles. The predicted molar refractivity (Wildman–Crippen MR) is 72.9 cm³/mol. The van der Waals surface area contributed by atoms with Gasteiger partial charge in [-0.05, 0) is 30.2 Å². The SMILES string of the molecule is Cc1cc(F)ccc1Cc1nc2nc(N)[nH]c(=O)c2[nH]1. The van der Waals surface area contributed by atoms with Crippen LogP contribution in [0.15, 0.2) is 23.0 Å². The average molecular weight is 273 g/mol. The van der Waals surface area contributed by atoms with Crippen LogP contribution in [0.3, 0.4) is 0 Å². The van der Waals surface area contributed by atoms with Crippen LogP contribution in [0.1, 0.15) is 17.0 Å². The number of aromatic nitrogens is 4. The number of aryl methyl sites for hydroxylation is 1. The zero-order valence-electron chi connectivity index (χ0n) is 10.7. The third-order valence-electron chi connectivity index (χ3n) is 3.09. The highest BCUT2D eigenvalue weighted by Crippen LogP contribution is 2.15. The summed E-state index contributed by atoms with van der Waals surface area (Å²) >= 11 is 0. The van der Waals surface area contributed by atoms with Crippen LogP contribution in [0.4, 0.5) is 10.3 Å². The molecule has 102 valence electrons. The van der Waals surface area contributed by atoms with Crippen LogP contribution < -0.4 is 11.3 Å². The van der Waals surface area contributed by atoms with E-state index in [1.54, 1.807) is 6.07 Å². The lowest BCUT2D eigenvalue weighted by molar-refractivity contribution is 0.625. The number of aromatic amines is 2. The van der Waals surface area contributed by atoms with Gasteiger partial charge in [0.05, 0.1) is 0 Å². The number of nitrogens with two attached hydrogens (primary N) is 1. The number of halogens is 1. The molecule has 0 atom stereocenters. The minimum absolute atomic E-state index is 0.0264. The van der Waals surface area contributed by atoms with Crippen molar-refractivity contribution in [1.82, 2.24) is 19.9 Å². The number of rotatable bonds is 2. The highest BCUT2D eigenvalue weighted by molar-refractivity contribution is 5.70. The maximum absolute atomic E-state index is 13.1. The van der Waals surface area contributed by atoms with Gasteiger partial charge in [-0.3, -0.25) is 9.78 Å². The first-order chi connectivity index (χ1) is 9.52. The molecule has 0 bridgehead atoms. The fourth-order valence-electron chi connectivity index (χ4n) is 2.09. The number of fused-ring (bicyclic) bond motifs is 1. The van der Waals surface area contributed by atoms with Gasteiger partial charge in [-0.25, -0.2) is 9.37 Å². The molecule has 0 aliphatic rings. The molecular weight excluding hydrogens is 261 g/mol. The number of anilines is 1. The monoisotopic (exact) mass is 273 g/mol. The molecule has 20 heavy (non-hydrogen) atoms. The Morgan fingerprint density at radius 2 is 2.10 bits per heavy atom. The van der Waals surface area contributed by atoms with E-state index in [-0.39, 0.29) is 28.5 Å². The first-order valence-electron chi connectivity index (χ1n) is 6.02. The Bertz CT molecular complexity index is 852. The van der Waals surface area contributed by atoms with Gasteiger partial charge in [0.2, 0.25) is 5.95 Å². The van der Waals surface area contributed by atoms with Crippen molar-refractivity contribution >= 4 is 17.1 Å². The van der Waals surface area contributed by atoms with Crippen molar-refractivity contribution in [2.45, 2.75) is 13.3 Å². The van der Waals surface area contributed by atoms with E-state index in [1.807, 2.05) is 6.92 Å². The van der Waals surface area contributed by atoms with E-state index in [2.05, 4.69) is 19.9 Å². The number of nitrogens with one attached hydrogen (secondary N) is 2. The minimum Gasteiger partial charge on any atom is -0.369 e. The standard InChI is InChI=1S/C13H12FN5O/c1-6-4-8(14)3-2-7(6)5-9-16-10-11(17-9)18-13(15)19-12(10)20/h2-4H,5H2,1H3,(H4,15,16,17,18,19,20). The molecule has 0 unspecified atom stereocenters. The molecule has 0 amide bonds. The quantitative estimate of drug-likeness (QED) is 0.654.